The largest absolute Gasteiger partial charge is 0.347 e. The SMILES string of the molecule is CCCn1ccc2cc(NC(=O)c3nnn(C4CCNCC4)c3C)ccc21.Cl.Cl. The Balaban J connectivity index is 0.00000150. The molecular weight excluding hydrogens is 411 g/mol. The van der Waals surface area contributed by atoms with Crippen LogP contribution in [0, 0.1) is 6.92 Å². The van der Waals surface area contributed by atoms with Crippen LogP contribution in [0.1, 0.15) is 48.4 Å². The number of piperidine rings is 1. The van der Waals surface area contributed by atoms with Crippen LogP contribution in [0.15, 0.2) is 30.5 Å². The number of nitrogens with zero attached hydrogens (tertiary/aromatic N) is 4. The summed E-state index contributed by atoms with van der Waals surface area (Å²) in [5.74, 6) is -0.208. The molecule has 2 N–H and O–H groups in total. The number of hydrogen-bond acceptors (Lipinski definition) is 4. The minimum atomic E-state index is -0.208. The lowest BCUT2D eigenvalue weighted by atomic mass is 10.1. The van der Waals surface area contributed by atoms with Gasteiger partial charge in [-0.1, -0.05) is 12.1 Å². The van der Waals surface area contributed by atoms with E-state index in [1.807, 2.05) is 23.7 Å². The minimum Gasteiger partial charge on any atom is -0.347 e. The molecule has 1 aliphatic rings. The molecule has 1 aromatic carbocycles. The van der Waals surface area contributed by atoms with Crippen LogP contribution in [0.25, 0.3) is 10.9 Å². The predicted octanol–water partition coefficient (Wildman–Crippen LogP) is 3.97. The molecule has 0 radical (unpaired) electrons. The fourth-order valence-corrected chi connectivity index (χ4v) is 3.85. The van der Waals surface area contributed by atoms with Gasteiger partial charge in [-0.3, -0.25) is 4.79 Å². The van der Waals surface area contributed by atoms with E-state index >= 15 is 0 Å². The second kappa shape index (κ2) is 10.1. The summed E-state index contributed by atoms with van der Waals surface area (Å²) in [6.07, 6.45) is 5.20. The Morgan fingerprint density at radius 2 is 2.00 bits per heavy atom. The summed E-state index contributed by atoms with van der Waals surface area (Å²) < 4.78 is 4.14. The second-order valence-corrected chi connectivity index (χ2v) is 7.19. The van der Waals surface area contributed by atoms with Crippen molar-refractivity contribution in [1.29, 1.82) is 0 Å². The zero-order valence-corrected chi connectivity index (χ0v) is 18.4. The van der Waals surface area contributed by atoms with Gasteiger partial charge in [0.25, 0.3) is 5.91 Å². The molecule has 3 aromatic rings. The third kappa shape index (κ3) is 4.74. The van der Waals surface area contributed by atoms with Crippen LogP contribution in [0.5, 0.6) is 0 Å². The topological polar surface area (TPSA) is 76.8 Å². The molecule has 1 amide bonds. The average Bonchev–Trinajstić information content (AvgIpc) is 3.26. The molecule has 29 heavy (non-hydrogen) atoms. The lowest BCUT2D eigenvalue weighted by Gasteiger charge is -2.23. The van der Waals surface area contributed by atoms with E-state index in [4.69, 9.17) is 0 Å². The number of carbonyl (C=O) groups excluding carboxylic acids is 1. The van der Waals surface area contributed by atoms with Gasteiger partial charge in [-0.05, 0) is 63.5 Å². The number of nitrogens with one attached hydrogen (secondary N) is 2. The third-order valence-electron chi connectivity index (χ3n) is 5.29. The van der Waals surface area contributed by atoms with Crippen LogP contribution in [-0.4, -0.2) is 38.6 Å². The van der Waals surface area contributed by atoms with Crippen molar-refractivity contribution >= 4 is 47.3 Å². The summed E-state index contributed by atoms with van der Waals surface area (Å²) in [4.78, 5) is 12.7. The van der Waals surface area contributed by atoms with Gasteiger partial charge in [-0.2, -0.15) is 0 Å². The minimum absolute atomic E-state index is 0. The summed E-state index contributed by atoms with van der Waals surface area (Å²) in [7, 11) is 0. The molecule has 7 nitrogen and oxygen atoms in total. The van der Waals surface area contributed by atoms with E-state index < -0.39 is 0 Å². The highest BCUT2D eigenvalue weighted by molar-refractivity contribution is 6.04. The normalized spacial score (nSPS) is 14.3. The summed E-state index contributed by atoms with van der Waals surface area (Å²) in [5.41, 5.74) is 3.19. The molecule has 2 aromatic heterocycles. The third-order valence-corrected chi connectivity index (χ3v) is 5.29. The standard InChI is InChI=1S/C20H26N6O.2ClH/c1-3-11-25-12-8-15-13-16(4-5-18(15)25)22-20(27)19-14(2)26(24-23-19)17-6-9-21-10-7-17;;/h4-5,8,12-13,17,21H,3,6-7,9-11H2,1-2H3,(H,22,27);2*1H. The molecule has 0 saturated carbocycles. The van der Waals surface area contributed by atoms with Crippen LogP contribution >= 0.6 is 24.8 Å². The fraction of sp³-hybridized carbons (Fsp3) is 0.450. The first-order valence-electron chi connectivity index (χ1n) is 9.70. The first-order valence-corrected chi connectivity index (χ1v) is 9.70. The van der Waals surface area contributed by atoms with E-state index in [0.29, 0.717) is 11.7 Å². The summed E-state index contributed by atoms with van der Waals surface area (Å²) in [6, 6.07) is 8.40. The average molecular weight is 439 g/mol. The van der Waals surface area contributed by atoms with Gasteiger partial charge in [0.05, 0.1) is 11.7 Å². The lowest BCUT2D eigenvalue weighted by Crippen LogP contribution is -2.30. The van der Waals surface area contributed by atoms with Crippen LogP contribution in [0.4, 0.5) is 5.69 Å². The van der Waals surface area contributed by atoms with Crippen molar-refractivity contribution in [1.82, 2.24) is 24.9 Å². The van der Waals surface area contributed by atoms with Gasteiger partial charge in [0.2, 0.25) is 0 Å². The molecule has 3 heterocycles. The quantitative estimate of drug-likeness (QED) is 0.631. The number of aryl methyl sites for hydroxylation is 1. The molecule has 0 aliphatic carbocycles. The zero-order chi connectivity index (χ0) is 18.8. The maximum absolute atomic E-state index is 12.7. The van der Waals surface area contributed by atoms with E-state index in [2.05, 4.69) is 50.8 Å². The monoisotopic (exact) mass is 438 g/mol. The summed E-state index contributed by atoms with van der Waals surface area (Å²) >= 11 is 0. The molecule has 9 heteroatoms. The molecule has 0 atom stereocenters. The van der Waals surface area contributed by atoms with Gasteiger partial charge in [0.15, 0.2) is 5.69 Å². The Kier molecular flexibility index (Phi) is 8.07. The number of anilines is 1. The number of hydrogen-bond donors (Lipinski definition) is 2. The number of rotatable bonds is 5. The highest BCUT2D eigenvalue weighted by Gasteiger charge is 2.23. The van der Waals surface area contributed by atoms with Gasteiger partial charge >= 0.3 is 0 Å². The van der Waals surface area contributed by atoms with E-state index in [-0.39, 0.29) is 30.7 Å². The van der Waals surface area contributed by atoms with Crippen molar-refractivity contribution < 1.29 is 4.79 Å². The summed E-state index contributed by atoms with van der Waals surface area (Å²) in [6.45, 7) is 7.03. The van der Waals surface area contributed by atoms with Gasteiger partial charge in [0.1, 0.15) is 0 Å². The number of benzene rings is 1. The Morgan fingerprint density at radius 1 is 1.24 bits per heavy atom. The molecule has 1 fully saturated rings. The van der Waals surface area contributed by atoms with Crippen molar-refractivity contribution in [3.05, 3.63) is 41.9 Å². The number of amides is 1. The Bertz CT molecular complexity index is 961. The smallest absolute Gasteiger partial charge is 0.278 e. The van der Waals surface area contributed by atoms with E-state index in [1.165, 1.54) is 5.52 Å². The van der Waals surface area contributed by atoms with Crippen molar-refractivity contribution in [2.75, 3.05) is 18.4 Å². The van der Waals surface area contributed by atoms with Crippen LogP contribution in [0.3, 0.4) is 0 Å². The van der Waals surface area contributed by atoms with Crippen molar-refractivity contribution in [2.45, 2.75) is 45.7 Å². The highest BCUT2D eigenvalue weighted by atomic mass is 35.5. The lowest BCUT2D eigenvalue weighted by molar-refractivity contribution is 0.102. The van der Waals surface area contributed by atoms with Crippen molar-refractivity contribution in [3.8, 4) is 0 Å². The van der Waals surface area contributed by atoms with Crippen molar-refractivity contribution in [2.24, 2.45) is 0 Å². The molecule has 0 spiro atoms. The van der Waals surface area contributed by atoms with Crippen LogP contribution in [-0.2, 0) is 6.54 Å². The number of halogens is 2. The van der Waals surface area contributed by atoms with Gasteiger partial charge in [-0.25, -0.2) is 4.68 Å². The molecule has 1 saturated heterocycles. The van der Waals surface area contributed by atoms with E-state index in [1.54, 1.807) is 0 Å². The maximum atomic E-state index is 12.7. The fourth-order valence-electron chi connectivity index (χ4n) is 3.85. The van der Waals surface area contributed by atoms with Crippen LogP contribution in [0.2, 0.25) is 0 Å². The predicted molar refractivity (Wildman–Crippen MR) is 121 cm³/mol. The molecular formula is C20H28Cl2N6O. The van der Waals surface area contributed by atoms with Crippen LogP contribution < -0.4 is 10.6 Å². The molecule has 0 unspecified atom stereocenters. The first kappa shape index (κ1) is 23.2. The van der Waals surface area contributed by atoms with Gasteiger partial charge in [-0.15, -0.1) is 29.9 Å². The maximum Gasteiger partial charge on any atom is 0.278 e. The Morgan fingerprint density at radius 3 is 2.72 bits per heavy atom. The summed E-state index contributed by atoms with van der Waals surface area (Å²) in [5, 5.41) is 15.8. The second-order valence-electron chi connectivity index (χ2n) is 7.19. The van der Waals surface area contributed by atoms with Gasteiger partial charge < -0.3 is 15.2 Å². The number of fused-ring (bicyclic) bond motifs is 1. The molecule has 158 valence electrons. The Labute approximate surface area is 183 Å². The first-order chi connectivity index (χ1) is 13.2. The number of carbonyl (C=O) groups is 1. The highest BCUT2D eigenvalue weighted by Crippen LogP contribution is 2.23. The van der Waals surface area contributed by atoms with Gasteiger partial charge in [0, 0.05) is 29.3 Å². The Hall–Kier alpha value is -2.09. The molecule has 0 bridgehead atoms. The van der Waals surface area contributed by atoms with E-state index in [9.17, 15) is 4.79 Å². The molecule has 4 rings (SSSR count). The molecule has 1 aliphatic heterocycles. The number of aromatic nitrogens is 4. The van der Waals surface area contributed by atoms with E-state index in [0.717, 1.165) is 55.7 Å². The zero-order valence-electron chi connectivity index (χ0n) is 16.7. The van der Waals surface area contributed by atoms with Crippen molar-refractivity contribution in [3.63, 3.8) is 0 Å².